The first kappa shape index (κ1) is 16.0. The number of nitrogens with zero attached hydrogens (tertiary/aromatic N) is 2. The summed E-state index contributed by atoms with van der Waals surface area (Å²) in [6.45, 7) is 8.10. The van der Waals surface area contributed by atoms with Crippen LogP contribution in [0.1, 0.15) is 34.8 Å². The molecule has 2 rings (SSSR count). The Morgan fingerprint density at radius 2 is 2.19 bits per heavy atom. The molecule has 1 unspecified atom stereocenters. The van der Waals surface area contributed by atoms with E-state index >= 15 is 0 Å². The van der Waals surface area contributed by atoms with Crippen molar-refractivity contribution in [2.45, 2.75) is 39.7 Å². The predicted molar refractivity (Wildman–Crippen MR) is 89.4 cm³/mol. The van der Waals surface area contributed by atoms with Crippen molar-refractivity contribution in [2.24, 2.45) is 0 Å². The summed E-state index contributed by atoms with van der Waals surface area (Å²) in [5.41, 5.74) is 1.05. The van der Waals surface area contributed by atoms with Gasteiger partial charge in [-0.05, 0) is 39.3 Å². The van der Waals surface area contributed by atoms with Crippen LogP contribution in [0.2, 0.25) is 0 Å². The largest absolute Gasteiger partial charge is 0.385 e. The van der Waals surface area contributed by atoms with Crippen LogP contribution in [0.25, 0.3) is 0 Å². The summed E-state index contributed by atoms with van der Waals surface area (Å²) in [5.74, 6) is 0.962. The van der Waals surface area contributed by atoms with E-state index < -0.39 is 0 Å². The first-order valence-corrected chi connectivity index (χ1v) is 8.25. The number of aromatic nitrogens is 2. The first-order valence-electron chi connectivity index (χ1n) is 7.43. The smallest absolute Gasteiger partial charge is 0.203 e. The average Bonchev–Trinajstić information content (AvgIpc) is 3.01. The molecule has 4 nitrogen and oxygen atoms in total. The van der Waals surface area contributed by atoms with Gasteiger partial charge in [-0.15, -0.1) is 11.3 Å². The van der Waals surface area contributed by atoms with Gasteiger partial charge in [-0.3, -0.25) is 0 Å². The van der Waals surface area contributed by atoms with Crippen LogP contribution in [0, 0.1) is 13.8 Å². The quantitative estimate of drug-likeness (QED) is 0.754. The predicted octanol–water partition coefficient (Wildman–Crippen LogP) is 3.81. The van der Waals surface area contributed by atoms with E-state index in [4.69, 9.17) is 4.74 Å². The number of hydrogen-bond acceptors (Lipinski definition) is 4. The summed E-state index contributed by atoms with van der Waals surface area (Å²) in [5, 5.41) is 3.42. The topological polar surface area (TPSA) is 39.1 Å². The number of thiophene rings is 1. The maximum Gasteiger partial charge on any atom is 0.203 e. The Kier molecular flexibility index (Phi) is 5.82. The molecule has 0 saturated heterocycles. The van der Waals surface area contributed by atoms with Crippen molar-refractivity contribution >= 4 is 17.3 Å². The molecule has 0 radical (unpaired) electrons. The van der Waals surface area contributed by atoms with Gasteiger partial charge in [0.2, 0.25) is 5.95 Å². The van der Waals surface area contributed by atoms with Gasteiger partial charge in [-0.25, -0.2) is 4.98 Å². The van der Waals surface area contributed by atoms with Crippen molar-refractivity contribution < 1.29 is 4.74 Å². The van der Waals surface area contributed by atoms with Crippen LogP contribution in [0.15, 0.2) is 18.3 Å². The molecule has 0 aliphatic heterocycles. The minimum absolute atomic E-state index is 0.397. The molecule has 2 heterocycles. The van der Waals surface area contributed by atoms with Gasteiger partial charge in [0.25, 0.3) is 0 Å². The lowest BCUT2D eigenvalue weighted by atomic mass is 10.2. The van der Waals surface area contributed by atoms with E-state index in [2.05, 4.69) is 47.0 Å². The SMILES string of the molecule is COCCCNc1nc(C)cn1C(C)Cc1ccc(C)s1. The third-order valence-corrected chi connectivity index (χ3v) is 4.45. The maximum absolute atomic E-state index is 5.08. The fraction of sp³-hybridized carbons (Fsp3) is 0.562. The second kappa shape index (κ2) is 7.61. The van der Waals surface area contributed by atoms with E-state index in [9.17, 15) is 0 Å². The minimum Gasteiger partial charge on any atom is -0.385 e. The Balaban J connectivity index is 2.00. The number of methoxy groups -OCH3 is 1. The lowest BCUT2D eigenvalue weighted by Crippen LogP contribution is -2.14. The number of anilines is 1. The van der Waals surface area contributed by atoms with Crippen molar-refractivity contribution in [1.82, 2.24) is 9.55 Å². The molecular formula is C16H25N3OS. The molecule has 0 bridgehead atoms. The summed E-state index contributed by atoms with van der Waals surface area (Å²) >= 11 is 1.88. The second-order valence-electron chi connectivity index (χ2n) is 5.45. The third-order valence-electron chi connectivity index (χ3n) is 3.43. The maximum atomic E-state index is 5.08. The molecule has 0 amide bonds. The molecule has 0 aliphatic rings. The zero-order valence-electron chi connectivity index (χ0n) is 13.3. The van der Waals surface area contributed by atoms with Crippen LogP contribution >= 0.6 is 11.3 Å². The first-order chi connectivity index (χ1) is 10.1. The molecule has 0 saturated carbocycles. The molecule has 2 aromatic heterocycles. The lowest BCUT2D eigenvalue weighted by Gasteiger charge is -2.16. The molecule has 0 aromatic carbocycles. The van der Waals surface area contributed by atoms with Gasteiger partial charge in [-0.2, -0.15) is 0 Å². The Hall–Kier alpha value is -1.33. The molecule has 5 heteroatoms. The summed E-state index contributed by atoms with van der Waals surface area (Å²) < 4.78 is 7.33. The number of hydrogen-bond donors (Lipinski definition) is 1. The van der Waals surface area contributed by atoms with Crippen LogP contribution in [-0.4, -0.2) is 29.8 Å². The number of aryl methyl sites for hydroxylation is 2. The van der Waals surface area contributed by atoms with Gasteiger partial charge < -0.3 is 14.6 Å². The Labute approximate surface area is 131 Å². The van der Waals surface area contributed by atoms with E-state index in [1.54, 1.807) is 7.11 Å². The number of rotatable bonds is 8. The lowest BCUT2D eigenvalue weighted by molar-refractivity contribution is 0.197. The van der Waals surface area contributed by atoms with Crippen LogP contribution in [0.4, 0.5) is 5.95 Å². The monoisotopic (exact) mass is 307 g/mol. The summed E-state index contributed by atoms with van der Waals surface area (Å²) in [6, 6.07) is 4.82. The summed E-state index contributed by atoms with van der Waals surface area (Å²) in [6.07, 6.45) is 4.16. The third kappa shape index (κ3) is 4.58. The van der Waals surface area contributed by atoms with Crippen molar-refractivity contribution in [3.8, 4) is 0 Å². The van der Waals surface area contributed by atoms with Crippen LogP contribution in [0.3, 0.4) is 0 Å². The van der Waals surface area contributed by atoms with Crippen LogP contribution in [-0.2, 0) is 11.2 Å². The summed E-state index contributed by atoms with van der Waals surface area (Å²) in [4.78, 5) is 7.39. The normalized spacial score (nSPS) is 12.6. The Morgan fingerprint density at radius 3 is 2.86 bits per heavy atom. The zero-order valence-corrected chi connectivity index (χ0v) is 14.2. The van der Waals surface area contributed by atoms with E-state index in [0.29, 0.717) is 6.04 Å². The fourth-order valence-electron chi connectivity index (χ4n) is 2.38. The van der Waals surface area contributed by atoms with Crippen LogP contribution in [0.5, 0.6) is 0 Å². The van der Waals surface area contributed by atoms with Crippen molar-refractivity contribution in [2.75, 3.05) is 25.6 Å². The molecule has 2 aromatic rings. The highest BCUT2D eigenvalue weighted by Gasteiger charge is 2.13. The van der Waals surface area contributed by atoms with Crippen molar-refractivity contribution in [1.29, 1.82) is 0 Å². The zero-order chi connectivity index (χ0) is 15.2. The number of imidazole rings is 1. The molecule has 21 heavy (non-hydrogen) atoms. The average molecular weight is 307 g/mol. The Bertz CT molecular complexity index is 562. The fourth-order valence-corrected chi connectivity index (χ4v) is 3.39. The van der Waals surface area contributed by atoms with Gasteiger partial charge in [0, 0.05) is 48.7 Å². The van der Waals surface area contributed by atoms with Crippen LogP contribution < -0.4 is 5.32 Å². The van der Waals surface area contributed by atoms with Crippen molar-refractivity contribution in [3.63, 3.8) is 0 Å². The van der Waals surface area contributed by atoms with Gasteiger partial charge in [0.1, 0.15) is 0 Å². The molecule has 116 valence electrons. The highest BCUT2D eigenvalue weighted by atomic mass is 32.1. The standard InChI is InChI=1S/C16H25N3OS/c1-12-11-19(16(18-12)17-8-5-9-20-4)13(2)10-15-7-6-14(3)21-15/h6-7,11,13H,5,8-10H2,1-4H3,(H,17,18). The summed E-state index contributed by atoms with van der Waals surface area (Å²) in [7, 11) is 1.73. The van der Waals surface area contributed by atoms with E-state index in [1.165, 1.54) is 9.75 Å². The minimum atomic E-state index is 0.397. The molecule has 1 atom stereocenters. The van der Waals surface area contributed by atoms with Gasteiger partial charge in [0.15, 0.2) is 0 Å². The second-order valence-corrected chi connectivity index (χ2v) is 6.82. The molecule has 0 aliphatic carbocycles. The highest BCUT2D eigenvalue weighted by molar-refractivity contribution is 7.11. The highest BCUT2D eigenvalue weighted by Crippen LogP contribution is 2.24. The number of ether oxygens (including phenoxy) is 1. The Morgan fingerprint density at radius 1 is 1.38 bits per heavy atom. The van der Waals surface area contributed by atoms with Gasteiger partial charge >= 0.3 is 0 Å². The van der Waals surface area contributed by atoms with Gasteiger partial charge in [0.05, 0.1) is 5.69 Å². The van der Waals surface area contributed by atoms with E-state index in [1.807, 2.05) is 18.3 Å². The van der Waals surface area contributed by atoms with Gasteiger partial charge in [-0.1, -0.05) is 0 Å². The van der Waals surface area contributed by atoms with E-state index in [0.717, 1.165) is 37.6 Å². The molecule has 0 spiro atoms. The van der Waals surface area contributed by atoms with Crippen molar-refractivity contribution in [3.05, 3.63) is 33.8 Å². The molecule has 0 fully saturated rings. The van der Waals surface area contributed by atoms with E-state index in [-0.39, 0.29) is 0 Å². The number of nitrogens with one attached hydrogen (secondary N) is 1. The molecule has 1 N–H and O–H groups in total. The molecular weight excluding hydrogens is 282 g/mol.